The summed E-state index contributed by atoms with van der Waals surface area (Å²) >= 11 is 0. The van der Waals surface area contributed by atoms with Crippen molar-refractivity contribution in [1.29, 1.82) is 0 Å². The van der Waals surface area contributed by atoms with Crippen LogP contribution in [-0.4, -0.2) is 25.7 Å². The van der Waals surface area contributed by atoms with E-state index in [1.165, 1.54) is 12.8 Å². The minimum atomic E-state index is 0.307. The number of hydrogen-bond donors (Lipinski definition) is 3. The van der Waals surface area contributed by atoms with E-state index < -0.39 is 0 Å². The first-order valence-electron chi connectivity index (χ1n) is 4.47. The third kappa shape index (κ3) is 7.78. The Morgan fingerprint density at radius 1 is 1.45 bits per heavy atom. The molecule has 0 aliphatic carbocycles. The van der Waals surface area contributed by atoms with Crippen LogP contribution in [-0.2, 0) is 0 Å². The van der Waals surface area contributed by atoms with Gasteiger partial charge < -0.3 is 16.8 Å². The molecule has 0 radical (unpaired) electrons. The van der Waals surface area contributed by atoms with Crippen LogP contribution in [0.1, 0.15) is 26.2 Å². The Morgan fingerprint density at radius 3 is 2.73 bits per heavy atom. The summed E-state index contributed by atoms with van der Waals surface area (Å²) in [6, 6.07) is 0.307. The van der Waals surface area contributed by atoms with Crippen molar-refractivity contribution in [3.63, 3.8) is 0 Å². The van der Waals surface area contributed by atoms with E-state index in [0.717, 1.165) is 19.5 Å². The van der Waals surface area contributed by atoms with Gasteiger partial charge in [0.25, 0.3) is 0 Å². The summed E-state index contributed by atoms with van der Waals surface area (Å²) in [5, 5.41) is 3.19. The summed E-state index contributed by atoms with van der Waals surface area (Å²) in [5.41, 5.74) is 11.1. The van der Waals surface area contributed by atoms with Gasteiger partial charge in [-0.05, 0) is 6.42 Å². The zero-order chi connectivity index (χ0) is 8.53. The monoisotopic (exact) mass is 159 g/mol. The molecule has 0 unspecified atom stereocenters. The van der Waals surface area contributed by atoms with Crippen LogP contribution >= 0.6 is 0 Å². The van der Waals surface area contributed by atoms with Crippen molar-refractivity contribution in [3.05, 3.63) is 0 Å². The second-order valence-electron chi connectivity index (χ2n) is 2.90. The van der Waals surface area contributed by atoms with E-state index in [1.807, 2.05) is 0 Å². The molecule has 3 nitrogen and oxygen atoms in total. The zero-order valence-electron chi connectivity index (χ0n) is 7.47. The Bertz CT molecular complexity index is 75.7. The molecule has 0 fully saturated rings. The molecular formula is C8H21N3. The highest BCUT2D eigenvalue weighted by Gasteiger charge is 1.99. The van der Waals surface area contributed by atoms with Crippen LogP contribution < -0.4 is 16.8 Å². The molecule has 0 aromatic carbocycles. The highest BCUT2D eigenvalue weighted by molar-refractivity contribution is 4.63. The molecule has 0 rings (SSSR count). The predicted octanol–water partition coefficient (Wildman–Crippen LogP) is 0.0522. The Balaban J connectivity index is 3.02. The van der Waals surface area contributed by atoms with Crippen molar-refractivity contribution >= 4 is 0 Å². The van der Waals surface area contributed by atoms with E-state index in [0.29, 0.717) is 12.6 Å². The van der Waals surface area contributed by atoms with Crippen LogP contribution in [0.25, 0.3) is 0 Å². The van der Waals surface area contributed by atoms with Crippen LogP contribution in [0.3, 0.4) is 0 Å². The maximum atomic E-state index is 5.80. The van der Waals surface area contributed by atoms with Gasteiger partial charge in [0, 0.05) is 25.7 Å². The number of hydrogen-bond acceptors (Lipinski definition) is 3. The Morgan fingerprint density at radius 2 is 2.18 bits per heavy atom. The summed E-state index contributed by atoms with van der Waals surface area (Å²) in [6.07, 6.45) is 3.57. The molecule has 5 N–H and O–H groups in total. The molecule has 0 saturated heterocycles. The topological polar surface area (TPSA) is 64.1 Å². The molecule has 0 heterocycles. The average molecular weight is 159 g/mol. The van der Waals surface area contributed by atoms with Crippen molar-refractivity contribution in [3.8, 4) is 0 Å². The van der Waals surface area contributed by atoms with E-state index in [9.17, 15) is 0 Å². The predicted molar refractivity (Wildman–Crippen MR) is 49.4 cm³/mol. The van der Waals surface area contributed by atoms with E-state index in [4.69, 9.17) is 11.5 Å². The molecule has 0 saturated carbocycles. The van der Waals surface area contributed by atoms with E-state index in [1.54, 1.807) is 0 Å². The molecule has 0 aliphatic heterocycles. The Hall–Kier alpha value is -0.120. The van der Waals surface area contributed by atoms with Gasteiger partial charge in [-0.3, -0.25) is 0 Å². The maximum absolute atomic E-state index is 5.80. The molecule has 0 aliphatic rings. The number of nitrogens with one attached hydrogen (secondary N) is 1. The molecule has 0 aromatic rings. The van der Waals surface area contributed by atoms with Gasteiger partial charge in [-0.2, -0.15) is 0 Å². The first-order valence-corrected chi connectivity index (χ1v) is 4.47. The van der Waals surface area contributed by atoms with Gasteiger partial charge in [0.1, 0.15) is 0 Å². The summed E-state index contributed by atoms with van der Waals surface area (Å²) < 4.78 is 0. The fourth-order valence-corrected chi connectivity index (χ4v) is 0.958. The van der Waals surface area contributed by atoms with Crippen LogP contribution in [0.4, 0.5) is 0 Å². The third-order valence-electron chi connectivity index (χ3n) is 1.66. The van der Waals surface area contributed by atoms with Crippen LogP contribution in [0.2, 0.25) is 0 Å². The molecule has 0 spiro atoms. The minimum Gasteiger partial charge on any atom is -0.329 e. The van der Waals surface area contributed by atoms with Crippen LogP contribution in [0, 0.1) is 0 Å². The number of nitrogens with two attached hydrogens (primary N) is 2. The quantitative estimate of drug-likeness (QED) is 0.460. The molecule has 68 valence electrons. The highest BCUT2D eigenvalue weighted by Crippen LogP contribution is 1.96. The third-order valence-corrected chi connectivity index (χ3v) is 1.66. The van der Waals surface area contributed by atoms with Crippen LogP contribution in [0.15, 0.2) is 0 Å². The Kier molecular flexibility index (Phi) is 7.89. The molecular weight excluding hydrogens is 138 g/mol. The molecule has 0 bridgehead atoms. The van der Waals surface area contributed by atoms with Gasteiger partial charge in [-0.15, -0.1) is 0 Å². The van der Waals surface area contributed by atoms with Crippen molar-refractivity contribution in [2.45, 2.75) is 32.2 Å². The van der Waals surface area contributed by atoms with Crippen LogP contribution in [0.5, 0.6) is 0 Å². The average Bonchev–Trinajstić information content (AvgIpc) is 2.01. The largest absolute Gasteiger partial charge is 0.329 e. The van der Waals surface area contributed by atoms with E-state index in [2.05, 4.69) is 12.2 Å². The van der Waals surface area contributed by atoms with Crippen molar-refractivity contribution in [1.82, 2.24) is 5.32 Å². The lowest BCUT2D eigenvalue weighted by Crippen LogP contribution is -2.36. The van der Waals surface area contributed by atoms with Gasteiger partial charge in [-0.1, -0.05) is 19.8 Å². The lowest BCUT2D eigenvalue weighted by atomic mass is 10.1. The zero-order valence-corrected chi connectivity index (χ0v) is 7.47. The summed E-state index contributed by atoms with van der Waals surface area (Å²) in [5.74, 6) is 0. The standard InChI is InChI=1S/C8H21N3/c1-2-3-4-8(10)7-11-6-5-9/h8,11H,2-7,9-10H2,1H3/t8-/m0/s1. The van der Waals surface area contributed by atoms with Gasteiger partial charge >= 0.3 is 0 Å². The number of rotatable bonds is 7. The van der Waals surface area contributed by atoms with Gasteiger partial charge in [-0.25, -0.2) is 0 Å². The lowest BCUT2D eigenvalue weighted by molar-refractivity contribution is 0.528. The molecule has 1 atom stereocenters. The summed E-state index contributed by atoms with van der Waals surface area (Å²) in [7, 11) is 0. The SMILES string of the molecule is CCCC[C@H](N)CNCCN. The Labute approximate surface area is 69.5 Å². The van der Waals surface area contributed by atoms with E-state index >= 15 is 0 Å². The molecule has 3 heteroatoms. The van der Waals surface area contributed by atoms with Gasteiger partial charge in [0.2, 0.25) is 0 Å². The number of unbranched alkanes of at least 4 members (excludes halogenated alkanes) is 1. The maximum Gasteiger partial charge on any atom is 0.0165 e. The summed E-state index contributed by atoms with van der Waals surface area (Å²) in [6.45, 7) is 4.65. The summed E-state index contributed by atoms with van der Waals surface area (Å²) in [4.78, 5) is 0. The van der Waals surface area contributed by atoms with E-state index in [-0.39, 0.29) is 0 Å². The fourth-order valence-electron chi connectivity index (χ4n) is 0.958. The molecule has 11 heavy (non-hydrogen) atoms. The van der Waals surface area contributed by atoms with Gasteiger partial charge in [0.15, 0.2) is 0 Å². The van der Waals surface area contributed by atoms with Crippen molar-refractivity contribution in [2.75, 3.05) is 19.6 Å². The fraction of sp³-hybridized carbons (Fsp3) is 1.00. The van der Waals surface area contributed by atoms with Crippen molar-refractivity contribution < 1.29 is 0 Å². The normalized spacial score (nSPS) is 13.4. The smallest absolute Gasteiger partial charge is 0.0165 e. The lowest BCUT2D eigenvalue weighted by Gasteiger charge is -2.10. The first kappa shape index (κ1) is 10.9. The second-order valence-corrected chi connectivity index (χ2v) is 2.90. The van der Waals surface area contributed by atoms with Gasteiger partial charge in [0.05, 0.1) is 0 Å². The minimum absolute atomic E-state index is 0.307. The molecule has 0 amide bonds. The molecule has 0 aromatic heterocycles. The van der Waals surface area contributed by atoms with Crippen molar-refractivity contribution in [2.24, 2.45) is 11.5 Å². The second kappa shape index (κ2) is 7.98. The highest BCUT2D eigenvalue weighted by atomic mass is 14.9. The first-order chi connectivity index (χ1) is 5.31.